The Labute approximate surface area is 78.0 Å². The second-order valence-electron chi connectivity index (χ2n) is 2.16. The van der Waals surface area contributed by atoms with Gasteiger partial charge in [0, 0.05) is 4.47 Å². The van der Waals surface area contributed by atoms with Crippen molar-refractivity contribution in [3.63, 3.8) is 0 Å². The van der Waals surface area contributed by atoms with Crippen molar-refractivity contribution in [1.82, 2.24) is 0 Å². The van der Waals surface area contributed by atoms with E-state index in [1.807, 2.05) is 0 Å². The first-order chi connectivity index (χ1) is 5.65. The van der Waals surface area contributed by atoms with Crippen LogP contribution in [0, 0.1) is 11.2 Å². The molecule has 0 atom stereocenters. The summed E-state index contributed by atoms with van der Waals surface area (Å²) in [5.41, 5.74) is 0.167. The van der Waals surface area contributed by atoms with Gasteiger partial charge in [-0.05, 0) is 18.2 Å². The molecule has 0 spiro atoms. The molecule has 0 radical (unpaired) electrons. The minimum absolute atomic E-state index is 0.167. The number of methoxy groups -OCH3 is 1. The number of nitrogens with one attached hydrogen (secondary N) is 1. The van der Waals surface area contributed by atoms with Crippen molar-refractivity contribution < 1.29 is 9.13 Å². The van der Waals surface area contributed by atoms with E-state index in [1.54, 1.807) is 6.07 Å². The minimum atomic E-state index is -0.462. The lowest BCUT2D eigenvalue weighted by molar-refractivity contribution is 0.398. The first-order valence-electron chi connectivity index (χ1n) is 3.23. The van der Waals surface area contributed by atoms with Crippen LogP contribution in [0.5, 0.6) is 0 Å². The maximum Gasteiger partial charge on any atom is 0.215 e. The lowest BCUT2D eigenvalue weighted by atomic mass is 10.2. The summed E-state index contributed by atoms with van der Waals surface area (Å²) in [4.78, 5) is 0. The SMILES string of the molecule is COC(=N)c1ccc(Br)cc1F. The summed E-state index contributed by atoms with van der Waals surface area (Å²) < 4.78 is 18.3. The van der Waals surface area contributed by atoms with Crippen molar-refractivity contribution in [2.24, 2.45) is 0 Å². The Kier molecular flexibility index (Phi) is 2.81. The Balaban J connectivity index is 3.09. The van der Waals surface area contributed by atoms with Gasteiger partial charge in [0.15, 0.2) is 0 Å². The van der Waals surface area contributed by atoms with E-state index in [-0.39, 0.29) is 11.5 Å². The summed E-state index contributed by atoms with van der Waals surface area (Å²) in [6.07, 6.45) is 0. The maximum atomic E-state index is 13.0. The second-order valence-corrected chi connectivity index (χ2v) is 3.07. The van der Waals surface area contributed by atoms with E-state index in [1.165, 1.54) is 19.2 Å². The topological polar surface area (TPSA) is 33.1 Å². The lowest BCUT2D eigenvalue weighted by Crippen LogP contribution is -2.03. The Morgan fingerprint density at radius 2 is 2.25 bits per heavy atom. The van der Waals surface area contributed by atoms with Crippen LogP contribution in [-0.2, 0) is 4.74 Å². The Hall–Kier alpha value is -0.900. The molecule has 0 aliphatic rings. The van der Waals surface area contributed by atoms with Crippen molar-refractivity contribution in [2.45, 2.75) is 0 Å². The molecule has 0 heterocycles. The zero-order valence-electron chi connectivity index (χ0n) is 6.40. The van der Waals surface area contributed by atoms with Gasteiger partial charge in [-0.1, -0.05) is 15.9 Å². The molecule has 2 nitrogen and oxygen atoms in total. The van der Waals surface area contributed by atoms with Gasteiger partial charge in [0.2, 0.25) is 5.90 Å². The van der Waals surface area contributed by atoms with E-state index < -0.39 is 5.82 Å². The zero-order chi connectivity index (χ0) is 9.14. The van der Waals surface area contributed by atoms with Crippen molar-refractivity contribution >= 4 is 21.8 Å². The molecule has 1 aromatic rings. The third kappa shape index (κ3) is 1.82. The molecule has 0 unspecified atom stereocenters. The van der Waals surface area contributed by atoms with Crippen molar-refractivity contribution in [3.05, 3.63) is 34.1 Å². The molecule has 0 saturated heterocycles. The molecule has 0 saturated carbocycles. The number of ether oxygens (including phenoxy) is 1. The fourth-order valence-electron chi connectivity index (χ4n) is 0.784. The standard InChI is InChI=1S/C8H7BrFNO/c1-12-8(11)6-3-2-5(9)4-7(6)10/h2-4,11H,1H3. The van der Waals surface area contributed by atoms with Crippen LogP contribution in [-0.4, -0.2) is 13.0 Å². The van der Waals surface area contributed by atoms with Crippen LogP contribution in [0.1, 0.15) is 5.56 Å². The van der Waals surface area contributed by atoms with E-state index in [9.17, 15) is 4.39 Å². The molecule has 0 aromatic heterocycles. The smallest absolute Gasteiger partial charge is 0.215 e. The van der Waals surface area contributed by atoms with Crippen LogP contribution in [0.3, 0.4) is 0 Å². The highest BCUT2D eigenvalue weighted by Crippen LogP contribution is 2.15. The highest BCUT2D eigenvalue weighted by molar-refractivity contribution is 9.10. The Morgan fingerprint density at radius 1 is 1.58 bits per heavy atom. The molecule has 1 N–H and O–H groups in total. The van der Waals surface area contributed by atoms with Crippen LogP contribution in [0.2, 0.25) is 0 Å². The van der Waals surface area contributed by atoms with Crippen LogP contribution in [0.4, 0.5) is 4.39 Å². The first kappa shape index (κ1) is 9.19. The number of halogens is 2. The molecule has 0 fully saturated rings. The van der Waals surface area contributed by atoms with Crippen molar-refractivity contribution in [3.8, 4) is 0 Å². The largest absolute Gasteiger partial charge is 0.481 e. The zero-order valence-corrected chi connectivity index (χ0v) is 7.98. The second kappa shape index (κ2) is 3.67. The fourth-order valence-corrected chi connectivity index (χ4v) is 1.12. The molecule has 0 aliphatic heterocycles. The van der Waals surface area contributed by atoms with Gasteiger partial charge in [-0.3, -0.25) is 5.41 Å². The van der Waals surface area contributed by atoms with Gasteiger partial charge >= 0.3 is 0 Å². The van der Waals surface area contributed by atoms with E-state index in [2.05, 4.69) is 20.7 Å². The van der Waals surface area contributed by atoms with Gasteiger partial charge < -0.3 is 4.74 Å². The highest BCUT2D eigenvalue weighted by atomic mass is 79.9. The monoisotopic (exact) mass is 231 g/mol. The molecule has 0 amide bonds. The van der Waals surface area contributed by atoms with Gasteiger partial charge in [-0.15, -0.1) is 0 Å². The average molecular weight is 232 g/mol. The molecular weight excluding hydrogens is 225 g/mol. The van der Waals surface area contributed by atoms with Gasteiger partial charge in [0.05, 0.1) is 12.7 Å². The van der Waals surface area contributed by atoms with E-state index in [0.717, 1.165) is 0 Å². The van der Waals surface area contributed by atoms with Crippen molar-refractivity contribution in [1.29, 1.82) is 5.41 Å². The highest BCUT2D eigenvalue weighted by Gasteiger charge is 2.07. The quantitative estimate of drug-likeness (QED) is 0.585. The molecule has 0 aliphatic carbocycles. The summed E-state index contributed by atoms with van der Waals surface area (Å²) in [7, 11) is 1.34. The normalized spacial score (nSPS) is 9.58. The maximum absolute atomic E-state index is 13.0. The number of hydrogen-bond acceptors (Lipinski definition) is 2. The molecule has 64 valence electrons. The third-order valence-electron chi connectivity index (χ3n) is 1.38. The summed E-state index contributed by atoms with van der Waals surface area (Å²) >= 11 is 3.12. The van der Waals surface area contributed by atoms with E-state index in [0.29, 0.717) is 4.47 Å². The molecular formula is C8H7BrFNO. The van der Waals surface area contributed by atoms with Gasteiger partial charge in [-0.25, -0.2) is 4.39 Å². The molecule has 1 aromatic carbocycles. The number of benzene rings is 1. The molecule has 12 heavy (non-hydrogen) atoms. The van der Waals surface area contributed by atoms with E-state index in [4.69, 9.17) is 5.41 Å². The lowest BCUT2D eigenvalue weighted by Gasteiger charge is -2.03. The molecule has 1 rings (SSSR count). The number of rotatable bonds is 1. The summed E-state index contributed by atoms with van der Waals surface area (Å²) in [6, 6.07) is 4.44. The predicted octanol–water partition coefficient (Wildman–Crippen LogP) is 2.56. The van der Waals surface area contributed by atoms with Crippen LogP contribution in [0.15, 0.2) is 22.7 Å². The Morgan fingerprint density at radius 3 is 2.75 bits per heavy atom. The van der Waals surface area contributed by atoms with Crippen LogP contribution < -0.4 is 0 Å². The number of hydrogen-bond donors (Lipinski definition) is 1. The Bertz CT molecular complexity index is 314. The first-order valence-corrected chi connectivity index (χ1v) is 4.02. The van der Waals surface area contributed by atoms with Gasteiger partial charge in [0.25, 0.3) is 0 Å². The predicted molar refractivity (Wildman–Crippen MR) is 47.9 cm³/mol. The van der Waals surface area contributed by atoms with Crippen molar-refractivity contribution in [2.75, 3.05) is 7.11 Å². The van der Waals surface area contributed by atoms with Gasteiger partial charge in [0.1, 0.15) is 5.82 Å². The average Bonchev–Trinajstić information content (AvgIpc) is 2.03. The van der Waals surface area contributed by atoms with Crippen LogP contribution in [0.25, 0.3) is 0 Å². The van der Waals surface area contributed by atoms with Gasteiger partial charge in [-0.2, -0.15) is 0 Å². The molecule has 4 heteroatoms. The minimum Gasteiger partial charge on any atom is -0.481 e. The fraction of sp³-hybridized carbons (Fsp3) is 0.125. The third-order valence-corrected chi connectivity index (χ3v) is 1.87. The summed E-state index contributed by atoms with van der Waals surface area (Å²) in [5, 5.41) is 7.21. The summed E-state index contributed by atoms with van der Waals surface area (Å²) in [6.45, 7) is 0. The molecule has 0 bridgehead atoms. The summed E-state index contributed by atoms with van der Waals surface area (Å²) in [5.74, 6) is -0.628. The van der Waals surface area contributed by atoms with Crippen LogP contribution >= 0.6 is 15.9 Å². The van der Waals surface area contributed by atoms with E-state index >= 15 is 0 Å².